The van der Waals surface area contributed by atoms with Crippen molar-refractivity contribution in [2.24, 2.45) is 5.73 Å². The van der Waals surface area contributed by atoms with Gasteiger partial charge in [0.15, 0.2) is 0 Å². The van der Waals surface area contributed by atoms with Gasteiger partial charge in [-0.25, -0.2) is 8.42 Å². The lowest BCUT2D eigenvalue weighted by molar-refractivity contribution is 0.0998. The maximum atomic E-state index is 12.5. The van der Waals surface area contributed by atoms with E-state index in [1.165, 1.54) is 16.4 Å². The molecule has 160 valence electrons. The minimum atomic E-state index is -3.55. The topological polar surface area (TPSA) is 110 Å². The molecule has 0 aliphatic heterocycles. The molecule has 0 saturated heterocycles. The Hall–Kier alpha value is -3.36. The fraction of sp³-hybridized carbons (Fsp3) is 0.0909. The highest BCUT2D eigenvalue weighted by atomic mass is 35.5. The summed E-state index contributed by atoms with van der Waals surface area (Å²) in [5.74, 6) is -0.887. The maximum Gasteiger partial charge on any atom is 0.255 e. The number of hydrogen-bond donors (Lipinski definition) is 2. The molecule has 3 N–H and O–H groups in total. The molecule has 0 aliphatic carbocycles. The number of benzene rings is 3. The van der Waals surface area contributed by atoms with Crippen LogP contribution in [-0.4, -0.2) is 26.5 Å². The number of nitrogens with one attached hydrogen (secondary N) is 1. The van der Waals surface area contributed by atoms with Crippen molar-refractivity contribution < 1.29 is 18.0 Å². The Morgan fingerprint density at radius 3 is 2.13 bits per heavy atom. The van der Waals surface area contributed by atoms with Crippen molar-refractivity contribution in [2.75, 3.05) is 15.9 Å². The number of primary amides is 1. The predicted molar refractivity (Wildman–Crippen MR) is 122 cm³/mol. The Balaban J connectivity index is 1.73. The molecule has 3 aromatic carbocycles. The average Bonchev–Trinajstić information content (AvgIpc) is 2.72. The summed E-state index contributed by atoms with van der Waals surface area (Å²) in [4.78, 5) is 23.6. The number of carbonyl (C=O) groups is 2. The van der Waals surface area contributed by atoms with Gasteiger partial charge in [0.1, 0.15) is 0 Å². The molecule has 0 aromatic heterocycles. The lowest BCUT2D eigenvalue weighted by Crippen LogP contribution is -2.29. The van der Waals surface area contributed by atoms with Gasteiger partial charge in [0.25, 0.3) is 5.91 Å². The second-order valence-electron chi connectivity index (χ2n) is 6.84. The molecule has 0 atom stereocenters. The van der Waals surface area contributed by atoms with Crippen LogP contribution in [0.4, 0.5) is 11.4 Å². The van der Waals surface area contributed by atoms with E-state index in [-0.39, 0.29) is 12.5 Å². The highest BCUT2D eigenvalue weighted by molar-refractivity contribution is 7.92. The highest BCUT2D eigenvalue weighted by Gasteiger charge is 2.18. The van der Waals surface area contributed by atoms with Crippen molar-refractivity contribution in [3.05, 3.63) is 94.5 Å². The largest absolute Gasteiger partial charge is 0.366 e. The van der Waals surface area contributed by atoms with Gasteiger partial charge in [0.05, 0.1) is 18.5 Å². The first-order valence-electron chi connectivity index (χ1n) is 9.17. The van der Waals surface area contributed by atoms with E-state index in [4.69, 9.17) is 17.3 Å². The number of carbonyl (C=O) groups excluding carboxylic acids is 2. The number of nitrogens with zero attached hydrogens (tertiary/aromatic N) is 1. The third-order valence-electron chi connectivity index (χ3n) is 4.47. The monoisotopic (exact) mass is 457 g/mol. The molecule has 7 nitrogen and oxygen atoms in total. The number of rotatable bonds is 7. The average molecular weight is 458 g/mol. The molecule has 0 unspecified atom stereocenters. The molecule has 0 bridgehead atoms. The summed E-state index contributed by atoms with van der Waals surface area (Å²) in [5.41, 5.74) is 7.62. The van der Waals surface area contributed by atoms with Crippen LogP contribution in [0.15, 0.2) is 72.8 Å². The van der Waals surface area contributed by atoms with E-state index in [0.717, 1.165) is 6.26 Å². The Kier molecular flexibility index (Phi) is 6.62. The van der Waals surface area contributed by atoms with Crippen LogP contribution < -0.4 is 15.4 Å². The van der Waals surface area contributed by atoms with E-state index >= 15 is 0 Å². The molecule has 2 amide bonds. The third-order valence-corrected chi connectivity index (χ3v) is 5.84. The van der Waals surface area contributed by atoms with Crippen LogP contribution in [0.25, 0.3) is 0 Å². The molecule has 3 aromatic rings. The summed E-state index contributed by atoms with van der Waals surface area (Å²) < 4.78 is 25.8. The quantitative estimate of drug-likeness (QED) is 0.564. The predicted octanol–water partition coefficient (Wildman–Crippen LogP) is 3.66. The van der Waals surface area contributed by atoms with Crippen LogP contribution >= 0.6 is 11.6 Å². The molecular formula is C22H20ClN3O4S. The smallest absolute Gasteiger partial charge is 0.255 e. The molecule has 9 heteroatoms. The molecule has 0 saturated carbocycles. The van der Waals surface area contributed by atoms with E-state index in [2.05, 4.69) is 5.32 Å². The summed E-state index contributed by atoms with van der Waals surface area (Å²) in [6.07, 6.45) is 1.12. The molecule has 0 fully saturated rings. The lowest BCUT2D eigenvalue weighted by Gasteiger charge is -2.22. The van der Waals surface area contributed by atoms with Crippen LogP contribution in [0, 0.1) is 0 Å². The van der Waals surface area contributed by atoms with Crippen molar-refractivity contribution >= 4 is 44.8 Å². The first-order chi connectivity index (χ1) is 14.6. The van der Waals surface area contributed by atoms with E-state index in [0.29, 0.717) is 33.1 Å². The maximum absolute atomic E-state index is 12.5. The van der Waals surface area contributed by atoms with Gasteiger partial charge in [-0.2, -0.15) is 0 Å². The van der Waals surface area contributed by atoms with Gasteiger partial charge in [-0.05, 0) is 60.2 Å². The highest BCUT2D eigenvalue weighted by Crippen LogP contribution is 2.24. The third kappa shape index (κ3) is 5.84. The molecule has 0 spiro atoms. The Morgan fingerprint density at radius 2 is 1.58 bits per heavy atom. The lowest BCUT2D eigenvalue weighted by atomic mass is 10.1. The second-order valence-corrected chi connectivity index (χ2v) is 9.19. The number of amides is 2. The van der Waals surface area contributed by atoms with Crippen LogP contribution in [0.1, 0.15) is 26.3 Å². The van der Waals surface area contributed by atoms with Crippen molar-refractivity contribution in [1.29, 1.82) is 0 Å². The van der Waals surface area contributed by atoms with Gasteiger partial charge in [0, 0.05) is 21.8 Å². The van der Waals surface area contributed by atoms with Crippen molar-refractivity contribution in [1.82, 2.24) is 0 Å². The first-order valence-corrected chi connectivity index (χ1v) is 11.4. The van der Waals surface area contributed by atoms with Crippen molar-refractivity contribution in [3.63, 3.8) is 0 Å². The van der Waals surface area contributed by atoms with Crippen molar-refractivity contribution in [3.8, 4) is 0 Å². The fourth-order valence-electron chi connectivity index (χ4n) is 2.88. The molecular weight excluding hydrogens is 438 g/mol. The minimum Gasteiger partial charge on any atom is -0.366 e. The summed E-state index contributed by atoms with van der Waals surface area (Å²) in [6, 6.07) is 19.4. The van der Waals surface area contributed by atoms with Crippen LogP contribution in [0.5, 0.6) is 0 Å². The van der Waals surface area contributed by atoms with Crippen LogP contribution in [0.2, 0.25) is 5.02 Å². The normalized spacial score (nSPS) is 11.0. The van der Waals surface area contributed by atoms with Gasteiger partial charge in [-0.15, -0.1) is 0 Å². The molecule has 31 heavy (non-hydrogen) atoms. The van der Waals surface area contributed by atoms with Gasteiger partial charge in [0.2, 0.25) is 15.9 Å². The number of anilines is 2. The zero-order valence-electron chi connectivity index (χ0n) is 16.6. The van der Waals surface area contributed by atoms with Crippen LogP contribution in [0.3, 0.4) is 0 Å². The zero-order valence-corrected chi connectivity index (χ0v) is 18.2. The van der Waals surface area contributed by atoms with E-state index in [9.17, 15) is 18.0 Å². The number of halogens is 1. The van der Waals surface area contributed by atoms with Crippen LogP contribution in [-0.2, 0) is 16.6 Å². The summed E-state index contributed by atoms with van der Waals surface area (Å²) in [6.45, 7) is 0.0929. The van der Waals surface area contributed by atoms with Gasteiger partial charge < -0.3 is 11.1 Å². The molecule has 0 aliphatic rings. The fourth-order valence-corrected chi connectivity index (χ4v) is 3.94. The Morgan fingerprint density at radius 1 is 0.968 bits per heavy atom. The number of sulfonamides is 1. The SMILES string of the molecule is CS(=O)(=O)N(Cc1ccc(C(=O)Nc2ccc(C(N)=O)cc2)cc1)c1cccc(Cl)c1. The Labute approximate surface area is 185 Å². The van der Waals surface area contributed by atoms with Gasteiger partial charge in [-0.1, -0.05) is 29.8 Å². The number of hydrogen-bond acceptors (Lipinski definition) is 4. The minimum absolute atomic E-state index is 0.0929. The Bertz CT molecular complexity index is 1210. The van der Waals surface area contributed by atoms with E-state index in [1.807, 2.05) is 0 Å². The van der Waals surface area contributed by atoms with Gasteiger partial charge >= 0.3 is 0 Å². The zero-order chi connectivity index (χ0) is 22.6. The van der Waals surface area contributed by atoms with Crippen molar-refractivity contribution in [2.45, 2.75) is 6.54 Å². The molecule has 0 heterocycles. The number of nitrogens with two attached hydrogens (primary N) is 1. The van der Waals surface area contributed by atoms with Gasteiger partial charge in [-0.3, -0.25) is 13.9 Å². The summed E-state index contributed by atoms with van der Waals surface area (Å²) >= 11 is 6.00. The van der Waals surface area contributed by atoms with E-state index < -0.39 is 15.9 Å². The standard InChI is InChI=1S/C22H20ClN3O4S/c1-31(29,30)26(20-4-2-3-18(23)13-20)14-15-5-7-17(8-6-15)22(28)25-19-11-9-16(10-12-19)21(24)27/h2-13H,14H2,1H3,(H2,24,27)(H,25,28). The molecule has 3 rings (SSSR count). The molecule has 0 radical (unpaired) electrons. The summed E-state index contributed by atoms with van der Waals surface area (Å²) in [5, 5.41) is 3.16. The van der Waals surface area contributed by atoms with E-state index in [1.54, 1.807) is 60.7 Å². The second kappa shape index (κ2) is 9.20. The first kappa shape index (κ1) is 22.3. The summed E-state index contributed by atoms with van der Waals surface area (Å²) in [7, 11) is -3.55.